The van der Waals surface area contributed by atoms with Crippen molar-refractivity contribution in [2.24, 2.45) is 0 Å². The number of hydrogen-bond acceptors (Lipinski definition) is 6. The molecular formula is C16H17N3O2S2. The molecule has 0 spiro atoms. The normalized spacial score (nSPS) is 10.9. The molecule has 0 unspecified atom stereocenters. The molecule has 1 N–H and O–H groups in total. The fraction of sp³-hybridized carbons (Fsp3) is 0.312. The largest absolute Gasteiger partial charge is 0.361 e. The highest BCUT2D eigenvalue weighted by atomic mass is 32.1. The Morgan fingerprint density at radius 2 is 2.13 bits per heavy atom. The van der Waals surface area contributed by atoms with E-state index in [1.807, 2.05) is 19.2 Å². The van der Waals surface area contributed by atoms with E-state index in [-0.39, 0.29) is 5.91 Å². The Morgan fingerprint density at radius 3 is 2.78 bits per heavy atom. The lowest BCUT2D eigenvalue weighted by Gasteiger charge is -2.01. The van der Waals surface area contributed by atoms with E-state index in [0.717, 1.165) is 27.6 Å². The van der Waals surface area contributed by atoms with Crippen LogP contribution in [0.5, 0.6) is 0 Å². The van der Waals surface area contributed by atoms with E-state index in [0.29, 0.717) is 18.0 Å². The summed E-state index contributed by atoms with van der Waals surface area (Å²) in [5.41, 5.74) is 2.77. The molecule has 0 fully saturated rings. The fourth-order valence-corrected chi connectivity index (χ4v) is 3.93. The Morgan fingerprint density at radius 1 is 1.30 bits per heavy atom. The van der Waals surface area contributed by atoms with Gasteiger partial charge in [-0.15, -0.1) is 22.7 Å². The first-order valence-electron chi connectivity index (χ1n) is 7.27. The Balaban J connectivity index is 1.59. The molecule has 7 heteroatoms. The topological polar surface area (TPSA) is 68.0 Å². The Hall–Kier alpha value is -1.99. The number of carbonyl (C=O) groups is 1. The van der Waals surface area contributed by atoms with Gasteiger partial charge in [0, 0.05) is 22.2 Å². The maximum atomic E-state index is 12.1. The highest BCUT2D eigenvalue weighted by Crippen LogP contribution is 2.30. The minimum absolute atomic E-state index is 0.0479. The van der Waals surface area contributed by atoms with Crippen molar-refractivity contribution in [3.63, 3.8) is 0 Å². The molecule has 0 aliphatic heterocycles. The number of nitrogens with zero attached hydrogens (tertiary/aromatic N) is 2. The van der Waals surface area contributed by atoms with E-state index < -0.39 is 0 Å². The van der Waals surface area contributed by atoms with Crippen LogP contribution in [-0.2, 0) is 11.2 Å². The van der Waals surface area contributed by atoms with Crippen LogP contribution in [0, 0.1) is 20.8 Å². The number of thiazole rings is 1. The Labute approximate surface area is 142 Å². The number of aromatic nitrogens is 2. The third-order valence-electron chi connectivity index (χ3n) is 3.53. The summed E-state index contributed by atoms with van der Waals surface area (Å²) in [5, 5.41) is 9.36. The third kappa shape index (κ3) is 3.68. The first-order valence-corrected chi connectivity index (χ1v) is 8.96. The molecule has 3 rings (SSSR count). The van der Waals surface area contributed by atoms with E-state index in [1.165, 1.54) is 16.2 Å². The third-order valence-corrected chi connectivity index (χ3v) is 5.31. The Kier molecular flexibility index (Phi) is 4.58. The molecule has 1 amide bonds. The molecule has 0 aliphatic rings. The molecule has 3 aromatic rings. The van der Waals surface area contributed by atoms with Gasteiger partial charge in [0.2, 0.25) is 5.91 Å². The summed E-state index contributed by atoms with van der Waals surface area (Å²) in [6.07, 6.45) is 1.01. The first-order chi connectivity index (χ1) is 11.0. The zero-order chi connectivity index (χ0) is 16.4. The average Bonchev–Trinajstić information content (AvgIpc) is 3.20. The molecule has 0 saturated heterocycles. The minimum Gasteiger partial charge on any atom is -0.361 e. The summed E-state index contributed by atoms with van der Waals surface area (Å²) in [6.45, 7) is 5.82. The smallest absolute Gasteiger partial charge is 0.226 e. The molecule has 3 heterocycles. The van der Waals surface area contributed by atoms with Crippen LogP contribution in [0.15, 0.2) is 22.0 Å². The number of anilines is 1. The predicted octanol–water partition coefficient (Wildman–Crippen LogP) is 4.36. The molecule has 0 bridgehead atoms. The van der Waals surface area contributed by atoms with E-state index in [2.05, 4.69) is 34.5 Å². The van der Waals surface area contributed by atoms with Gasteiger partial charge in [-0.3, -0.25) is 4.79 Å². The van der Waals surface area contributed by atoms with Crippen LogP contribution >= 0.6 is 22.7 Å². The number of thiophene rings is 1. The number of carbonyl (C=O) groups excluding carboxylic acids is 1. The molecule has 0 saturated carbocycles. The van der Waals surface area contributed by atoms with Gasteiger partial charge in [-0.1, -0.05) is 5.16 Å². The van der Waals surface area contributed by atoms with Crippen LogP contribution in [0.1, 0.15) is 28.3 Å². The van der Waals surface area contributed by atoms with E-state index in [4.69, 9.17) is 4.52 Å². The zero-order valence-electron chi connectivity index (χ0n) is 13.2. The van der Waals surface area contributed by atoms with Crippen LogP contribution in [0.3, 0.4) is 0 Å². The number of amides is 1. The molecule has 0 radical (unpaired) electrons. The van der Waals surface area contributed by atoms with E-state index in [9.17, 15) is 4.79 Å². The zero-order valence-corrected chi connectivity index (χ0v) is 14.8. The maximum absolute atomic E-state index is 12.1. The molecule has 0 aromatic carbocycles. The highest BCUT2D eigenvalue weighted by molar-refractivity contribution is 7.17. The number of nitrogens with one attached hydrogen (secondary N) is 1. The first kappa shape index (κ1) is 15.9. The molecule has 120 valence electrons. The van der Waals surface area contributed by atoms with Gasteiger partial charge in [0.15, 0.2) is 5.13 Å². The van der Waals surface area contributed by atoms with Crippen molar-refractivity contribution in [1.82, 2.24) is 10.1 Å². The van der Waals surface area contributed by atoms with Crippen molar-refractivity contribution in [2.75, 3.05) is 5.32 Å². The lowest BCUT2D eigenvalue weighted by atomic mass is 10.1. The minimum atomic E-state index is -0.0479. The van der Waals surface area contributed by atoms with Crippen LogP contribution in [0.2, 0.25) is 0 Å². The number of aryl methyl sites for hydroxylation is 3. The van der Waals surface area contributed by atoms with Gasteiger partial charge in [0.25, 0.3) is 0 Å². The lowest BCUT2D eigenvalue weighted by Crippen LogP contribution is -2.12. The monoisotopic (exact) mass is 347 g/mol. The molecule has 5 nitrogen and oxygen atoms in total. The summed E-state index contributed by atoms with van der Waals surface area (Å²) in [7, 11) is 0. The van der Waals surface area contributed by atoms with Crippen molar-refractivity contribution in [3.8, 4) is 10.6 Å². The summed E-state index contributed by atoms with van der Waals surface area (Å²) >= 11 is 3.14. The quantitative estimate of drug-likeness (QED) is 0.745. The summed E-state index contributed by atoms with van der Waals surface area (Å²) in [4.78, 5) is 18.9. The van der Waals surface area contributed by atoms with Crippen molar-refractivity contribution in [3.05, 3.63) is 39.4 Å². The molecular weight excluding hydrogens is 330 g/mol. The Bertz CT molecular complexity index is 813. The maximum Gasteiger partial charge on any atom is 0.226 e. The van der Waals surface area contributed by atoms with Gasteiger partial charge >= 0.3 is 0 Å². The van der Waals surface area contributed by atoms with Gasteiger partial charge in [-0.25, -0.2) is 4.98 Å². The van der Waals surface area contributed by atoms with Crippen molar-refractivity contribution in [1.29, 1.82) is 0 Å². The standard InChI is InChI=1S/C16H17N3O2S2/c1-9-4-6-14(23-9)13-8-22-16(17-13)18-15(20)7-5-12-10(2)19-21-11(12)3/h4,6,8H,5,7H2,1-3H3,(H,17,18,20). The highest BCUT2D eigenvalue weighted by Gasteiger charge is 2.13. The summed E-state index contributed by atoms with van der Waals surface area (Å²) in [5.74, 6) is 0.730. The van der Waals surface area contributed by atoms with Gasteiger partial charge in [0.1, 0.15) is 5.76 Å². The van der Waals surface area contributed by atoms with Crippen molar-refractivity contribution in [2.45, 2.75) is 33.6 Å². The predicted molar refractivity (Wildman–Crippen MR) is 93.1 cm³/mol. The van der Waals surface area contributed by atoms with Crippen LogP contribution in [0.4, 0.5) is 5.13 Å². The number of rotatable bonds is 5. The lowest BCUT2D eigenvalue weighted by molar-refractivity contribution is -0.116. The van der Waals surface area contributed by atoms with Crippen LogP contribution in [0.25, 0.3) is 10.6 Å². The van der Waals surface area contributed by atoms with Gasteiger partial charge in [-0.2, -0.15) is 0 Å². The summed E-state index contributed by atoms with van der Waals surface area (Å²) in [6, 6.07) is 4.12. The second-order valence-corrected chi connectivity index (χ2v) is 7.45. The second kappa shape index (κ2) is 6.64. The van der Waals surface area contributed by atoms with Gasteiger partial charge in [-0.05, 0) is 39.3 Å². The van der Waals surface area contributed by atoms with Gasteiger partial charge < -0.3 is 9.84 Å². The average molecular weight is 347 g/mol. The van der Waals surface area contributed by atoms with E-state index >= 15 is 0 Å². The molecule has 0 atom stereocenters. The van der Waals surface area contributed by atoms with Gasteiger partial charge in [0.05, 0.1) is 16.3 Å². The van der Waals surface area contributed by atoms with Crippen molar-refractivity contribution < 1.29 is 9.32 Å². The molecule has 0 aliphatic carbocycles. The molecule has 3 aromatic heterocycles. The second-order valence-electron chi connectivity index (χ2n) is 5.30. The van der Waals surface area contributed by atoms with Crippen LogP contribution in [-0.4, -0.2) is 16.0 Å². The summed E-state index contributed by atoms with van der Waals surface area (Å²) < 4.78 is 5.11. The van der Waals surface area contributed by atoms with E-state index in [1.54, 1.807) is 11.3 Å². The van der Waals surface area contributed by atoms with Crippen molar-refractivity contribution >= 4 is 33.7 Å². The SMILES string of the molecule is Cc1ccc(-c2csc(NC(=O)CCc3c(C)noc3C)n2)s1. The number of hydrogen-bond donors (Lipinski definition) is 1. The fourth-order valence-electron chi connectivity index (χ4n) is 2.30. The van der Waals surface area contributed by atoms with Crippen LogP contribution < -0.4 is 5.32 Å². The molecule has 23 heavy (non-hydrogen) atoms.